The molecular weight excluding hydrogens is 274 g/mol. The molecular formula is C18H23N3O. The molecule has 2 N–H and O–H groups in total. The zero-order valence-corrected chi connectivity index (χ0v) is 13.3. The van der Waals surface area contributed by atoms with Gasteiger partial charge in [0.25, 0.3) is 0 Å². The molecule has 4 nitrogen and oxygen atoms in total. The van der Waals surface area contributed by atoms with Crippen LogP contribution in [0.3, 0.4) is 0 Å². The van der Waals surface area contributed by atoms with Crippen LogP contribution in [0.5, 0.6) is 5.75 Å². The molecule has 0 aliphatic carbocycles. The van der Waals surface area contributed by atoms with Gasteiger partial charge in [-0.2, -0.15) is 0 Å². The predicted octanol–water partition coefficient (Wildman–Crippen LogP) is 3.20. The van der Waals surface area contributed by atoms with Gasteiger partial charge in [0, 0.05) is 29.4 Å². The van der Waals surface area contributed by atoms with Crippen molar-refractivity contribution in [1.29, 1.82) is 0 Å². The lowest BCUT2D eigenvalue weighted by Gasteiger charge is -2.26. The second-order valence-corrected chi connectivity index (χ2v) is 6.07. The first kappa shape index (κ1) is 15.0. The average molecular weight is 297 g/mol. The Morgan fingerprint density at radius 1 is 1.09 bits per heavy atom. The molecule has 1 saturated heterocycles. The van der Waals surface area contributed by atoms with E-state index in [2.05, 4.69) is 19.2 Å². The van der Waals surface area contributed by atoms with Crippen LogP contribution in [0.4, 0.5) is 0 Å². The Kier molecular flexibility index (Phi) is 4.39. The Labute approximate surface area is 131 Å². The smallest absolute Gasteiger partial charge is 0.133 e. The van der Waals surface area contributed by atoms with Crippen LogP contribution in [0.15, 0.2) is 24.3 Å². The minimum absolute atomic E-state index is 0.288. The summed E-state index contributed by atoms with van der Waals surface area (Å²) in [6.07, 6.45) is 4.39. The monoisotopic (exact) mass is 297 g/mol. The Morgan fingerprint density at radius 3 is 2.36 bits per heavy atom. The van der Waals surface area contributed by atoms with Crippen molar-refractivity contribution in [1.82, 2.24) is 15.3 Å². The fourth-order valence-electron chi connectivity index (χ4n) is 3.27. The van der Waals surface area contributed by atoms with Gasteiger partial charge in [-0.1, -0.05) is 18.6 Å². The first-order valence-corrected chi connectivity index (χ1v) is 7.99. The maximum atomic E-state index is 9.35. The van der Waals surface area contributed by atoms with E-state index in [9.17, 15) is 5.11 Å². The molecule has 116 valence electrons. The van der Waals surface area contributed by atoms with Gasteiger partial charge in [-0.25, -0.2) is 9.97 Å². The van der Waals surface area contributed by atoms with Gasteiger partial charge in [0.2, 0.25) is 0 Å². The summed E-state index contributed by atoms with van der Waals surface area (Å²) in [5, 5.41) is 12.9. The molecule has 2 heterocycles. The summed E-state index contributed by atoms with van der Waals surface area (Å²) in [7, 11) is 0. The van der Waals surface area contributed by atoms with E-state index in [-0.39, 0.29) is 5.75 Å². The van der Waals surface area contributed by atoms with Crippen LogP contribution in [-0.2, 0) is 6.42 Å². The van der Waals surface area contributed by atoms with Crippen LogP contribution in [0.2, 0.25) is 0 Å². The summed E-state index contributed by atoms with van der Waals surface area (Å²) in [5.74, 6) is 1.14. The molecule has 0 amide bonds. The Bertz CT molecular complexity index is 623. The molecule has 1 fully saturated rings. The van der Waals surface area contributed by atoms with Gasteiger partial charge in [-0.3, -0.25) is 0 Å². The molecule has 0 saturated carbocycles. The molecule has 4 heteroatoms. The van der Waals surface area contributed by atoms with Crippen LogP contribution in [-0.4, -0.2) is 21.6 Å². The molecule has 1 aromatic carbocycles. The highest BCUT2D eigenvalue weighted by molar-refractivity contribution is 5.31. The molecule has 22 heavy (non-hydrogen) atoms. The first-order valence-electron chi connectivity index (χ1n) is 7.99. The summed E-state index contributed by atoms with van der Waals surface area (Å²) in [5.41, 5.74) is 4.55. The third-order valence-corrected chi connectivity index (χ3v) is 4.33. The molecule has 1 aromatic heterocycles. The molecule has 0 radical (unpaired) electrons. The quantitative estimate of drug-likeness (QED) is 0.913. The number of phenols is 1. The van der Waals surface area contributed by atoms with E-state index >= 15 is 0 Å². The maximum absolute atomic E-state index is 9.35. The van der Waals surface area contributed by atoms with Crippen molar-refractivity contribution in [3.8, 4) is 5.75 Å². The highest BCUT2D eigenvalue weighted by atomic mass is 16.3. The van der Waals surface area contributed by atoms with Crippen LogP contribution >= 0.6 is 0 Å². The molecule has 1 atom stereocenters. The first-order chi connectivity index (χ1) is 10.6. The highest BCUT2D eigenvalue weighted by Crippen LogP contribution is 2.27. The number of hydrogen-bond acceptors (Lipinski definition) is 4. The Balaban J connectivity index is 1.83. The van der Waals surface area contributed by atoms with Crippen LogP contribution in [0.25, 0.3) is 0 Å². The van der Waals surface area contributed by atoms with E-state index in [4.69, 9.17) is 9.97 Å². The molecule has 0 spiro atoms. The summed E-state index contributed by atoms with van der Waals surface area (Å²) in [4.78, 5) is 9.43. The summed E-state index contributed by atoms with van der Waals surface area (Å²) >= 11 is 0. The molecule has 1 aliphatic heterocycles. The summed E-state index contributed by atoms with van der Waals surface area (Å²) in [6, 6.07) is 7.64. The zero-order valence-electron chi connectivity index (χ0n) is 13.3. The van der Waals surface area contributed by atoms with Gasteiger partial charge in [0.15, 0.2) is 0 Å². The van der Waals surface area contributed by atoms with Gasteiger partial charge in [0.05, 0.1) is 0 Å². The fourth-order valence-corrected chi connectivity index (χ4v) is 3.27. The van der Waals surface area contributed by atoms with Crippen LogP contribution in [0, 0.1) is 13.8 Å². The second kappa shape index (κ2) is 6.44. The predicted molar refractivity (Wildman–Crippen MR) is 87.0 cm³/mol. The number of hydrogen-bond donors (Lipinski definition) is 2. The minimum Gasteiger partial charge on any atom is -0.508 e. The summed E-state index contributed by atoms with van der Waals surface area (Å²) < 4.78 is 0. The second-order valence-electron chi connectivity index (χ2n) is 6.07. The van der Waals surface area contributed by atoms with Gasteiger partial charge in [0.1, 0.15) is 11.6 Å². The minimum atomic E-state index is 0.288. The van der Waals surface area contributed by atoms with E-state index in [1.165, 1.54) is 24.8 Å². The number of nitrogens with one attached hydrogen (secondary N) is 1. The number of phenolic OH excluding ortho intramolecular Hbond substituents is 1. The third-order valence-electron chi connectivity index (χ3n) is 4.33. The maximum Gasteiger partial charge on any atom is 0.133 e. The lowest BCUT2D eigenvalue weighted by atomic mass is 9.95. The standard InChI is InChI=1S/C18H23N3O/c1-12-18(16-5-3-4-10-19-16)13(2)21-17(20-12)11-14-6-8-15(22)9-7-14/h6-9,16,19,22H,3-5,10-11H2,1-2H3. The van der Waals surface area contributed by atoms with Crippen molar-refractivity contribution in [3.05, 3.63) is 52.6 Å². The molecule has 2 aromatic rings. The van der Waals surface area contributed by atoms with Crippen molar-refractivity contribution in [2.75, 3.05) is 6.54 Å². The normalized spacial score (nSPS) is 18.4. The number of piperidine rings is 1. The van der Waals surface area contributed by atoms with Crippen LogP contribution < -0.4 is 5.32 Å². The van der Waals surface area contributed by atoms with Crippen molar-refractivity contribution < 1.29 is 5.11 Å². The van der Waals surface area contributed by atoms with Crippen molar-refractivity contribution in [3.63, 3.8) is 0 Å². The number of nitrogens with zero attached hydrogens (tertiary/aromatic N) is 2. The van der Waals surface area contributed by atoms with E-state index < -0.39 is 0 Å². The number of benzene rings is 1. The molecule has 3 rings (SSSR count). The fraction of sp³-hybridized carbons (Fsp3) is 0.444. The van der Waals surface area contributed by atoms with Gasteiger partial charge in [-0.05, 0) is 50.9 Å². The van der Waals surface area contributed by atoms with E-state index in [1.54, 1.807) is 12.1 Å². The SMILES string of the molecule is Cc1nc(Cc2ccc(O)cc2)nc(C)c1C1CCCCN1. The molecule has 0 bridgehead atoms. The van der Waals surface area contributed by atoms with Gasteiger partial charge in [-0.15, -0.1) is 0 Å². The lowest BCUT2D eigenvalue weighted by Crippen LogP contribution is -2.28. The lowest BCUT2D eigenvalue weighted by molar-refractivity contribution is 0.407. The average Bonchev–Trinajstić information content (AvgIpc) is 2.50. The molecule has 1 unspecified atom stereocenters. The summed E-state index contributed by atoms with van der Waals surface area (Å²) in [6.45, 7) is 5.25. The van der Waals surface area contributed by atoms with Crippen molar-refractivity contribution in [2.45, 2.75) is 45.6 Å². The van der Waals surface area contributed by atoms with E-state index in [0.29, 0.717) is 12.5 Å². The highest BCUT2D eigenvalue weighted by Gasteiger charge is 2.20. The molecule has 1 aliphatic rings. The zero-order chi connectivity index (χ0) is 15.5. The van der Waals surface area contributed by atoms with Crippen molar-refractivity contribution >= 4 is 0 Å². The number of aryl methyl sites for hydroxylation is 2. The van der Waals surface area contributed by atoms with Crippen LogP contribution in [0.1, 0.15) is 53.6 Å². The largest absolute Gasteiger partial charge is 0.508 e. The van der Waals surface area contributed by atoms with E-state index in [0.717, 1.165) is 29.3 Å². The van der Waals surface area contributed by atoms with Gasteiger partial charge >= 0.3 is 0 Å². The third kappa shape index (κ3) is 3.28. The van der Waals surface area contributed by atoms with Crippen molar-refractivity contribution in [2.24, 2.45) is 0 Å². The number of aromatic hydroxyl groups is 1. The number of rotatable bonds is 3. The van der Waals surface area contributed by atoms with E-state index in [1.807, 2.05) is 12.1 Å². The number of aromatic nitrogens is 2. The van der Waals surface area contributed by atoms with Gasteiger partial charge < -0.3 is 10.4 Å². The Morgan fingerprint density at radius 2 is 1.77 bits per heavy atom. The Hall–Kier alpha value is -1.94. The topological polar surface area (TPSA) is 58.0 Å².